The van der Waals surface area contributed by atoms with Crippen molar-refractivity contribution in [3.05, 3.63) is 35.9 Å². The van der Waals surface area contributed by atoms with Crippen LogP contribution in [-0.2, 0) is 6.04 Å². The van der Waals surface area contributed by atoms with Gasteiger partial charge in [-0.25, -0.2) is 0 Å². The van der Waals surface area contributed by atoms with E-state index >= 15 is 0 Å². The first kappa shape index (κ1) is 9.95. The van der Waals surface area contributed by atoms with E-state index < -0.39 is 7.59 Å². The van der Waals surface area contributed by atoms with Gasteiger partial charge in [0.15, 0.2) is 0 Å². The highest BCUT2D eigenvalue weighted by atomic mass is 29.5. The minimum absolute atomic E-state index is 0.376. The molecule has 0 saturated carbocycles. The Kier molecular flexibility index (Phi) is 3.49. The minimum atomic E-state index is -0.717. The van der Waals surface area contributed by atoms with E-state index in [0.717, 1.165) is 0 Å². The van der Waals surface area contributed by atoms with Crippen LogP contribution >= 0.6 is 0 Å². The van der Waals surface area contributed by atoms with Gasteiger partial charge in [0, 0.05) is 16.1 Å². The zero-order valence-electron chi connectivity index (χ0n) is 8.30. The first-order valence-corrected chi connectivity index (χ1v) is 15.9. The second kappa shape index (κ2) is 4.20. The predicted octanol–water partition coefficient (Wildman–Crippen LogP) is 0.423. The van der Waals surface area contributed by atoms with Crippen molar-refractivity contribution >= 4 is 25.9 Å². The molecular formula is C9H18Si3. The van der Waals surface area contributed by atoms with E-state index in [-0.39, 0.29) is 0 Å². The number of hydrogen-bond donors (Lipinski definition) is 0. The normalized spacial score (nSPS) is 12.8. The molecule has 0 heterocycles. The molecule has 0 atom stereocenters. The molecule has 0 amide bonds. The quantitative estimate of drug-likeness (QED) is 0.635. The molecule has 0 aromatic heterocycles. The molecule has 66 valence electrons. The lowest BCUT2D eigenvalue weighted by Gasteiger charge is -2.19. The van der Waals surface area contributed by atoms with E-state index in [1.807, 2.05) is 0 Å². The van der Waals surface area contributed by atoms with Crippen LogP contribution in [0.5, 0.6) is 0 Å². The van der Waals surface area contributed by atoms with Gasteiger partial charge in [-0.15, -0.1) is 0 Å². The Balaban J connectivity index is 2.64. The summed E-state index contributed by atoms with van der Waals surface area (Å²) in [6, 6.07) is 12.4. The third-order valence-electron chi connectivity index (χ3n) is 2.48. The highest BCUT2D eigenvalue weighted by Crippen LogP contribution is 2.09. The molecule has 0 radical (unpaired) electrons. The summed E-state index contributed by atoms with van der Waals surface area (Å²) in [5.74, 6) is 0. The molecule has 12 heavy (non-hydrogen) atoms. The highest BCUT2D eigenvalue weighted by molar-refractivity contribution is 7.38. The van der Waals surface area contributed by atoms with Gasteiger partial charge < -0.3 is 0 Å². The maximum absolute atomic E-state index is 2.55. The summed E-state index contributed by atoms with van der Waals surface area (Å²) in [6.45, 7) is 5.11. The van der Waals surface area contributed by atoms with Gasteiger partial charge >= 0.3 is 0 Å². The van der Waals surface area contributed by atoms with Crippen LogP contribution in [0.2, 0.25) is 13.1 Å². The van der Waals surface area contributed by atoms with Crippen molar-refractivity contribution in [2.45, 2.75) is 19.1 Å². The fraction of sp³-hybridized carbons (Fsp3) is 0.333. The van der Waals surface area contributed by atoms with Gasteiger partial charge in [-0.2, -0.15) is 0 Å². The van der Waals surface area contributed by atoms with Crippen molar-refractivity contribution in [1.29, 1.82) is 0 Å². The minimum Gasteiger partial charge on any atom is -0.0717 e. The van der Waals surface area contributed by atoms with Crippen LogP contribution in [0.25, 0.3) is 0 Å². The number of hydrogen-bond acceptors (Lipinski definition) is 0. The first-order chi connectivity index (χ1) is 5.64. The molecule has 0 unspecified atom stereocenters. The van der Waals surface area contributed by atoms with Crippen molar-refractivity contribution < 1.29 is 0 Å². The van der Waals surface area contributed by atoms with Crippen LogP contribution < -0.4 is 0 Å². The van der Waals surface area contributed by atoms with Crippen LogP contribution in [0.4, 0.5) is 0 Å². The lowest BCUT2D eigenvalue weighted by Crippen LogP contribution is -2.38. The molecule has 0 fully saturated rings. The molecule has 0 spiro atoms. The molecule has 0 bridgehead atoms. The fourth-order valence-corrected chi connectivity index (χ4v) is 6.73. The third kappa shape index (κ3) is 3.08. The third-order valence-corrected chi connectivity index (χ3v) is 29.5. The van der Waals surface area contributed by atoms with Crippen LogP contribution in [0.3, 0.4) is 0 Å². The number of rotatable bonds is 3. The molecular weight excluding hydrogens is 192 g/mol. The fourth-order valence-electron chi connectivity index (χ4n) is 1.27. The first-order valence-electron chi connectivity index (χ1n) is 4.68. The second-order valence-electron chi connectivity index (χ2n) is 4.18. The molecule has 0 nitrogen and oxygen atoms in total. The molecule has 0 aliphatic rings. The van der Waals surface area contributed by atoms with E-state index in [9.17, 15) is 0 Å². The lowest BCUT2D eigenvalue weighted by atomic mass is 10.2. The van der Waals surface area contributed by atoms with Crippen LogP contribution in [0, 0.1) is 0 Å². The SMILES string of the molecule is C[Si](C)(Cc1ccccc1)[SiH2][SiH3]. The molecule has 1 rings (SSSR count). The van der Waals surface area contributed by atoms with Gasteiger partial charge in [0.25, 0.3) is 0 Å². The van der Waals surface area contributed by atoms with Crippen LogP contribution in [-0.4, -0.2) is 25.9 Å². The van der Waals surface area contributed by atoms with Crippen molar-refractivity contribution in [3.8, 4) is 0 Å². The smallest absolute Gasteiger partial charge is 0.0352 e. The molecule has 0 aliphatic carbocycles. The maximum Gasteiger partial charge on any atom is 0.0352 e. The monoisotopic (exact) mass is 210 g/mol. The van der Waals surface area contributed by atoms with E-state index in [0.29, 0.717) is 8.55 Å². The van der Waals surface area contributed by atoms with Gasteiger partial charge in [-0.1, -0.05) is 49.0 Å². The van der Waals surface area contributed by atoms with Gasteiger partial charge in [-0.05, 0) is 15.8 Å². The van der Waals surface area contributed by atoms with Gasteiger partial charge in [0.05, 0.1) is 0 Å². The Hall–Kier alpha value is -0.129. The average Bonchev–Trinajstić information content (AvgIpc) is 2.06. The van der Waals surface area contributed by atoms with Gasteiger partial charge in [-0.3, -0.25) is 0 Å². The molecule has 0 N–H and O–H groups in total. The summed E-state index contributed by atoms with van der Waals surface area (Å²) < 4.78 is 0. The molecule has 1 aromatic rings. The van der Waals surface area contributed by atoms with E-state index in [1.165, 1.54) is 15.8 Å². The maximum atomic E-state index is 2.55. The lowest BCUT2D eigenvalue weighted by molar-refractivity contribution is 1.34. The van der Waals surface area contributed by atoms with Gasteiger partial charge in [0.2, 0.25) is 0 Å². The summed E-state index contributed by atoms with van der Waals surface area (Å²) in [5.41, 5.74) is 1.57. The Bertz CT molecular complexity index is 231. The van der Waals surface area contributed by atoms with Crippen LogP contribution in [0.15, 0.2) is 30.3 Å². The van der Waals surface area contributed by atoms with E-state index in [4.69, 9.17) is 0 Å². The summed E-state index contributed by atoms with van der Waals surface area (Å²) >= 11 is 0. The Morgan fingerprint density at radius 3 is 2.33 bits per heavy atom. The van der Waals surface area contributed by atoms with Crippen molar-refractivity contribution in [1.82, 2.24) is 0 Å². The summed E-state index contributed by atoms with van der Waals surface area (Å²) in [6.07, 6.45) is 0. The Labute approximate surface area is 81.2 Å². The van der Waals surface area contributed by atoms with Crippen LogP contribution in [0.1, 0.15) is 5.56 Å². The summed E-state index contributed by atoms with van der Waals surface area (Å²) in [7, 11) is 1.17. The number of benzene rings is 1. The zero-order chi connectivity index (χ0) is 9.03. The van der Waals surface area contributed by atoms with Gasteiger partial charge in [0.1, 0.15) is 0 Å². The van der Waals surface area contributed by atoms with Crippen molar-refractivity contribution in [2.75, 3.05) is 0 Å². The average molecular weight is 211 g/mol. The van der Waals surface area contributed by atoms with Crippen molar-refractivity contribution in [3.63, 3.8) is 0 Å². The largest absolute Gasteiger partial charge is 0.0717 e. The topological polar surface area (TPSA) is 0 Å². The predicted molar refractivity (Wildman–Crippen MR) is 66.1 cm³/mol. The standard InChI is InChI=1S/C9H18Si3/c1-12(2,11-10)8-9-6-4-3-5-7-9/h3-7H,8,11H2,1-2,10H3. The van der Waals surface area contributed by atoms with E-state index in [1.54, 1.807) is 5.56 Å². The molecule has 0 aliphatic heterocycles. The zero-order valence-corrected chi connectivity index (χ0v) is 12.7. The second-order valence-corrected chi connectivity index (χ2v) is 23.8. The molecule has 0 saturated heterocycles. The Morgan fingerprint density at radius 1 is 1.25 bits per heavy atom. The molecule has 3 heteroatoms. The highest BCUT2D eigenvalue weighted by Gasteiger charge is 2.17. The molecule has 1 aromatic carbocycles. The van der Waals surface area contributed by atoms with Crippen molar-refractivity contribution in [2.24, 2.45) is 0 Å². The summed E-state index contributed by atoms with van der Waals surface area (Å²) in [5, 5.41) is 0. The Morgan fingerprint density at radius 2 is 1.83 bits per heavy atom. The van der Waals surface area contributed by atoms with E-state index in [2.05, 4.69) is 43.4 Å². The summed E-state index contributed by atoms with van der Waals surface area (Å²) in [4.78, 5) is 0.